The van der Waals surface area contributed by atoms with Gasteiger partial charge in [-0.2, -0.15) is 20.8 Å². The van der Waals surface area contributed by atoms with Gasteiger partial charge in [-0.05, 0) is 11.8 Å². The zero-order chi connectivity index (χ0) is 14.3. The molecule has 2 unspecified atom stereocenters. The minimum atomic E-state index is -0.886. The molecule has 6 nitrogen and oxygen atoms in total. The SMILES string of the molecule is CC(C)C(N=NC(C(=O)C#N)C(C)C)C(=O)C#N. The molecule has 0 aromatic heterocycles. The van der Waals surface area contributed by atoms with Crippen molar-refractivity contribution in [1.29, 1.82) is 10.5 Å². The van der Waals surface area contributed by atoms with Crippen LogP contribution in [0.25, 0.3) is 0 Å². The first-order valence-electron chi connectivity index (χ1n) is 5.63. The van der Waals surface area contributed by atoms with E-state index in [0.717, 1.165) is 0 Å². The third-order valence-corrected chi connectivity index (χ3v) is 2.34. The number of hydrogen-bond acceptors (Lipinski definition) is 6. The van der Waals surface area contributed by atoms with E-state index in [9.17, 15) is 9.59 Å². The highest BCUT2D eigenvalue weighted by atomic mass is 16.1. The summed E-state index contributed by atoms with van der Waals surface area (Å²) in [7, 11) is 0. The second-order valence-electron chi connectivity index (χ2n) is 4.56. The van der Waals surface area contributed by atoms with Gasteiger partial charge in [-0.25, -0.2) is 0 Å². The van der Waals surface area contributed by atoms with Gasteiger partial charge >= 0.3 is 0 Å². The van der Waals surface area contributed by atoms with Crippen LogP contribution in [-0.2, 0) is 9.59 Å². The highest BCUT2D eigenvalue weighted by Crippen LogP contribution is 2.13. The summed E-state index contributed by atoms with van der Waals surface area (Å²) in [6, 6.07) is 1.23. The predicted molar refractivity (Wildman–Crippen MR) is 63.3 cm³/mol. The molecule has 0 bridgehead atoms. The second-order valence-corrected chi connectivity index (χ2v) is 4.56. The maximum atomic E-state index is 11.3. The van der Waals surface area contributed by atoms with Gasteiger partial charge in [0, 0.05) is 0 Å². The number of azo groups is 1. The molecule has 0 rings (SSSR count). The van der Waals surface area contributed by atoms with Crippen molar-refractivity contribution >= 4 is 11.6 Å². The molecule has 0 heterocycles. The summed E-state index contributed by atoms with van der Waals surface area (Å²) < 4.78 is 0. The van der Waals surface area contributed by atoms with E-state index in [-0.39, 0.29) is 11.8 Å². The van der Waals surface area contributed by atoms with Gasteiger partial charge in [-0.1, -0.05) is 27.7 Å². The number of Topliss-reactive ketones (excluding diaryl/α,β-unsaturated/α-hetero) is 2. The molecule has 0 fully saturated rings. The monoisotopic (exact) mass is 248 g/mol. The van der Waals surface area contributed by atoms with E-state index in [2.05, 4.69) is 10.2 Å². The molecule has 0 saturated carbocycles. The van der Waals surface area contributed by atoms with E-state index in [4.69, 9.17) is 10.5 Å². The molecule has 6 heteroatoms. The van der Waals surface area contributed by atoms with Gasteiger partial charge in [0.2, 0.25) is 0 Å². The lowest BCUT2D eigenvalue weighted by Crippen LogP contribution is -2.26. The summed E-state index contributed by atoms with van der Waals surface area (Å²) in [5.74, 6) is -1.77. The maximum Gasteiger partial charge on any atom is 0.258 e. The quantitative estimate of drug-likeness (QED) is 0.526. The Morgan fingerprint density at radius 1 is 0.833 bits per heavy atom. The Bertz CT molecular complexity index is 386. The summed E-state index contributed by atoms with van der Waals surface area (Å²) in [6.07, 6.45) is 0. The topological polar surface area (TPSA) is 106 Å². The molecule has 0 N–H and O–H groups in total. The van der Waals surface area contributed by atoms with Crippen molar-refractivity contribution in [2.45, 2.75) is 39.8 Å². The minimum absolute atomic E-state index is 0.189. The molecule has 0 aromatic rings. The molecule has 0 aliphatic heterocycles. The smallest absolute Gasteiger partial charge is 0.258 e. The van der Waals surface area contributed by atoms with E-state index in [1.54, 1.807) is 27.7 Å². The average Bonchev–Trinajstić information content (AvgIpc) is 2.31. The summed E-state index contributed by atoms with van der Waals surface area (Å²) in [5.41, 5.74) is 0. The zero-order valence-corrected chi connectivity index (χ0v) is 10.9. The average molecular weight is 248 g/mol. The van der Waals surface area contributed by atoms with Crippen molar-refractivity contribution in [1.82, 2.24) is 0 Å². The minimum Gasteiger partial charge on any atom is -0.280 e. The van der Waals surface area contributed by atoms with Crippen LogP contribution in [0.3, 0.4) is 0 Å². The number of nitriles is 2. The van der Waals surface area contributed by atoms with Crippen molar-refractivity contribution in [2.75, 3.05) is 0 Å². The van der Waals surface area contributed by atoms with Crippen LogP contribution < -0.4 is 0 Å². The lowest BCUT2D eigenvalue weighted by molar-refractivity contribution is -0.117. The van der Waals surface area contributed by atoms with Gasteiger partial charge in [0.1, 0.15) is 24.2 Å². The predicted octanol–water partition coefficient (Wildman–Crippen LogP) is 1.67. The van der Waals surface area contributed by atoms with Gasteiger partial charge in [0.05, 0.1) is 0 Å². The largest absolute Gasteiger partial charge is 0.280 e. The summed E-state index contributed by atoms with van der Waals surface area (Å²) >= 11 is 0. The Kier molecular flexibility index (Phi) is 6.44. The number of rotatable bonds is 6. The lowest BCUT2D eigenvalue weighted by Gasteiger charge is -2.13. The lowest BCUT2D eigenvalue weighted by atomic mass is 10.0. The first-order valence-corrected chi connectivity index (χ1v) is 5.63. The molecule has 18 heavy (non-hydrogen) atoms. The second kappa shape index (κ2) is 7.29. The van der Waals surface area contributed by atoms with Crippen molar-refractivity contribution in [3.05, 3.63) is 0 Å². The standard InChI is InChI=1S/C12H16N4O2/c1-7(2)11(9(17)5-13)15-16-12(8(3)4)10(18)6-14/h7-8,11-12H,1-4H3. The highest BCUT2D eigenvalue weighted by Gasteiger charge is 2.25. The van der Waals surface area contributed by atoms with E-state index in [0.29, 0.717) is 0 Å². The first-order chi connectivity index (χ1) is 8.34. The Labute approximate surface area is 106 Å². The number of nitrogens with zero attached hydrogens (tertiary/aromatic N) is 4. The summed E-state index contributed by atoms with van der Waals surface area (Å²) in [4.78, 5) is 22.6. The molecule has 0 amide bonds. The molecule has 0 aliphatic rings. The number of carbonyl (C=O) groups excluding carboxylic acids is 2. The summed E-state index contributed by atoms with van der Waals surface area (Å²) in [5, 5.41) is 24.7. The van der Waals surface area contributed by atoms with E-state index in [1.165, 1.54) is 12.1 Å². The number of hydrogen-bond donors (Lipinski definition) is 0. The third-order valence-electron chi connectivity index (χ3n) is 2.34. The fourth-order valence-electron chi connectivity index (χ4n) is 1.25. The number of ketones is 2. The van der Waals surface area contributed by atoms with Crippen LogP contribution in [0.4, 0.5) is 0 Å². The molecular formula is C12H16N4O2. The van der Waals surface area contributed by atoms with Gasteiger partial charge in [0.25, 0.3) is 11.6 Å². The Hall–Kier alpha value is -2.08. The van der Waals surface area contributed by atoms with E-state index < -0.39 is 23.7 Å². The molecule has 0 aliphatic carbocycles. The molecule has 0 saturated heterocycles. The highest BCUT2D eigenvalue weighted by molar-refractivity contribution is 5.98. The van der Waals surface area contributed by atoms with Gasteiger partial charge < -0.3 is 0 Å². The number of carbonyl (C=O) groups is 2. The normalized spacial score (nSPS) is 14.2. The molecule has 2 atom stereocenters. The molecular weight excluding hydrogens is 232 g/mol. The van der Waals surface area contributed by atoms with Crippen LogP contribution in [0.1, 0.15) is 27.7 Å². The van der Waals surface area contributed by atoms with E-state index >= 15 is 0 Å². The van der Waals surface area contributed by atoms with Crippen LogP contribution in [-0.4, -0.2) is 23.7 Å². The Morgan fingerprint density at radius 2 is 1.11 bits per heavy atom. The molecule has 0 spiro atoms. The third kappa shape index (κ3) is 4.42. The van der Waals surface area contributed by atoms with Gasteiger partial charge in [0.15, 0.2) is 0 Å². The maximum absolute atomic E-state index is 11.3. The molecule has 0 aromatic carbocycles. The Balaban J connectivity index is 5.07. The Morgan fingerprint density at radius 3 is 1.28 bits per heavy atom. The molecule has 0 radical (unpaired) electrons. The van der Waals surface area contributed by atoms with Gasteiger partial charge in [-0.3, -0.25) is 9.59 Å². The van der Waals surface area contributed by atoms with E-state index in [1.807, 2.05) is 0 Å². The first kappa shape index (κ1) is 15.9. The van der Waals surface area contributed by atoms with Crippen LogP contribution in [0.2, 0.25) is 0 Å². The summed E-state index contributed by atoms with van der Waals surface area (Å²) in [6.45, 7) is 6.93. The van der Waals surface area contributed by atoms with Crippen LogP contribution in [0.5, 0.6) is 0 Å². The molecule has 96 valence electrons. The van der Waals surface area contributed by atoms with Crippen molar-refractivity contribution in [3.8, 4) is 12.1 Å². The van der Waals surface area contributed by atoms with Crippen LogP contribution >= 0.6 is 0 Å². The van der Waals surface area contributed by atoms with Crippen molar-refractivity contribution in [2.24, 2.45) is 22.1 Å². The van der Waals surface area contributed by atoms with Crippen molar-refractivity contribution < 1.29 is 9.59 Å². The van der Waals surface area contributed by atoms with Crippen LogP contribution in [0.15, 0.2) is 10.2 Å². The fourth-order valence-corrected chi connectivity index (χ4v) is 1.25. The van der Waals surface area contributed by atoms with Crippen LogP contribution in [0, 0.1) is 34.5 Å². The fraction of sp³-hybridized carbons (Fsp3) is 0.667. The van der Waals surface area contributed by atoms with Gasteiger partial charge in [-0.15, -0.1) is 0 Å². The van der Waals surface area contributed by atoms with Crippen molar-refractivity contribution in [3.63, 3.8) is 0 Å². The zero-order valence-electron chi connectivity index (χ0n) is 10.9.